The fourth-order valence-electron chi connectivity index (χ4n) is 5.78. The molecule has 0 saturated heterocycles. The molecule has 0 aliphatic carbocycles. The van der Waals surface area contributed by atoms with Crippen LogP contribution >= 0.6 is 46.0 Å². The fourth-order valence-corrected chi connectivity index (χ4v) is 6.91. The van der Waals surface area contributed by atoms with Crippen molar-refractivity contribution in [3.05, 3.63) is 97.8 Å². The van der Waals surface area contributed by atoms with Crippen molar-refractivity contribution in [2.24, 2.45) is 9.98 Å². The van der Waals surface area contributed by atoms with E-state index in [4.69, 9.17) is 33.4 Å². The molecule has 2 N–H and O–H groups in total. The summed E-state index contributed by atoms with van der Waals surface area (Å²) in [4.78, 5) is 9.88. The van der Waals surface area contributed by atoms with Gasteiger partial charge in [0.15, 0.2) is 0 Å². The number of rotatable bonds is 4. The van der Waals surface area contributed by atoms with E-state index in [1.165, 1.54) is 6.07 Å². The molecule has 3 aromatic carbocycles. The Morgan fingerprint density at radius 3 is 2.14 bits per heavy atom. The molecule has 6 rings (SSSR count). The van der Waals surface area contributed by atoms with Crippen molar-refractivity contribution in [2.75, 3.05) is 30.6 Å². The van der Waals surface area contributed by atoms with E-state index >= 15 is 0 Å². The molecule has 178 valence electrons. The molecule has 0 aromatic heterocycles. The minimum Gasteiger partial charge on any atom is -0.371 e. The average molecular weight is 620 g/mol. The van der Waals surface area contributed by atoms with E-state index in [2.05, 4.69) is 33.2 Å². The molecule has 3 aliphatic rings. The van der Waals surface area contributed by atoms with Gasteiger partial charge in [0.25, 0.3) is 0 Å². The number of nitrogens with zero attached hydrogens (tertiary/aromatic N) is 3. The number of anilines is 1. The second-order valence-electron chi connectivity index (χ2n) is 8.71. The van der Waals surface area contributed by atoms with Gasteiger partial charge < -0.3 is 10.6 Å². The summed E-state index contributed by atoms with van der Waals surface area (Å²) in [5, 5.41) is 7.58. The Labute approximate surface area is 226 Å². The van der Waals surface area contributed by atoms with Gasteiger partial charge in [-0.15, -0.1) is 0 Å². The lowest BCUT2D eigenvalue weighted by Crippen LogP contribution is -2.66. The first-order valence-electron chi connectivity index (χ1n) is 11.4. The number of hydrogen-bond donors (Lipinski definition) is 2. The van der Waals surface area contributed by atoms with Gasteiger partial charge in [-0.1, -0.05) is 41.9 Å². The van der Waals surface area contributed by atoms with Crippen LogP contribution in [0.15, 0.2) is 76.7 Å². The maximum atomic E-state index is 14.9. The summed E-state index contributed by atoms with van der Waals surface area (Å²) in [6.07, 6.45) is 0. The Kier molecular flexibility index (Phi) is 5.69. The highest BCUT2D eigenvalue weighted by Gasteiger charge is 2.70. The van der Waals surface area contributed by atoms with Gasteiger partial charge in [-0.3, -0.25) is 14.4 Å². The van der Waals surface area contributed by atoms with Crippen molar-refractivity contribution in [1.82, 2.24) is 10.6 Å². The summed E-state index contributed by atoms with van der Waals surface area (Å²) in [5.41, 5.74) is 0.847. The Bertz CT molecular complexity index is 1350. The summed E-state index contributed by atoms with van der Waals surface area (Å²) < 4.78 is 17.7. The highest BCUT2D eigenvalue weighted by Crippen LogP contribution is 2.63. The molecule has 9 heteroatoms. The van der Waals surface area contributed by atoms with Gasteiger partial charge in [0.05, 0.1) is 18.8 Å². The minimum absolute atomic E-state index is 0.351. The molecule has 0 bridgehead atoms. The lowest BCUT2D eigenvalue weighted by Gasteiger charge is -2.49. The summed E-state index contributed by atoms with van der Waals surface area (Å²) in [6.45, 7) is 2.58. The highest BCUT2D eigenvalue weighted by atomic mass is 127. The monoisotopic (exact) mass is 619 g/mol. The molecule has 1 unspecified atom stereocenters. The first-order chi connectivity index (χ1) is 17.0. The Hall–Kier alpha value is -2.36. The maximum absolute atomic E-state index is 14.9. The van der Waals surface area contributed by atoms with E-state index in [1.54, 1.807) is 16.6 Å². The number of fused-ring (bicyclic) bond motifs is 1. The molecule has 3 heterocycles. The zero-order chi connectivity index (χ0) is 24.2. The second kappa shape index (κ2) is 8.64. The molecule has 0 saturated carbocycles. The standard InChI is InChI=1S/C26H21Cl2FIN5/c27-20-5-2-6-21-22(20)25(23-31-11-12-32-23,24-33-13-14-34-24)26(35(21)28,16-7-9-19(30)10-8-16)17-3-1-4-18(29)15-17/h1-10,15H,11-14H2,(H,31,32)(H,33,34). The highest BCUT2D eigenvalue weighted by molar-refractivity contribution is 14.1. The number of hydrogen-bond acceptors (Lipinski definition) is 5. The molecule has 0 radical (unpaired) electrons. The largest absolute Gasteiger partial charge is 0.371 e. The van der Waals surface area contributed by atoms with Crippen LogP contribution in [-0.4, -0.2) is 37.9 Å². The third kappa shape index (κ3) is 3.10. The van der Waals surface area contributed by atoms with Gasteiger partial charge >= 0.3 is 0 Å². The molecule has 0 amide bonds. The lowest BCUT2D eigenvalue weighted by molar-refractivity contribution is 0.462. The van der Waals surface area contributed by atoms with E-state index in [9.17, 15) is 4.39 Å². The Morgan fingerprint density at radius 2 is 1.54 bits per heavy atom. The van der Waals surface area contributed by atoms with Crippen LogP contribution in [-0.2, 0) is 11.0 Å². The number of benzene rings is 3. The van der Waals surface area contributed by atoms with Crippen LogP contribution in [0.3, 0.4) is 0 Å². The third-order valence-electron chi connectivity index (χ3n) is 6.98. The number of amidine groups is 2. The van der Waals surface area contributed by atoms with Gasteiger partial charge in [-0.25, -0.2) is 4.39 Å². The van der Waals surface area contributed by atoms with Crippen LogP contribution in [0.25, 0.3) is 0 Å². The molecule has 35 heavy (non-hydrogen) atoms. The van der Waals surface area contributed by atoms with Crippen molar-refractivity contribution in [1.29, 1.82) is 0 Å². The lowest BCUT2D eigenvalue weighted by atomic mass is 9.59. The second-order valence-corrected chi connectivity index (χ2v) is 10.7. The molecule has 5 nitrogen and oxygen atoms in total. The number of halogens is 4. The molecule has 1 atom stereocenters. The average Bonchev–Trinajstić information content (AvgIpc) is 3.61. The molecule has 3 aromatic rings. The van der Waals surface area contributed by atoms with Crippen molar-refractivity contribution in [2.45, 2.75) is 11.0 Å². The van der Waals surface area contributed by atoms with Crippen LogP contribution < -0.4 is 15.1 Å². The van der Waals surface area contributed by atoms with Crippen LogP contribution in [0.1, 0.15) is 16.7 Å². The topological polar surface area (TPSA) is 52.0 Å². The Balaban J connectivity index is 1.85. The van der Waals surface area contributed by atoms with E-state index in [1.807, 2.05) is 48.5 Å². The van der Waals surface area contributed by atoms with Gasteiger partial charge in [-0.05, 0) is 70.1 Å². The van der Waals surface area contributed by atoms with E-state index in [-0.39, 0.29) is 5.82 Å². The molecule has 0 fully saturated rings. The van der Waals surface area contributed by atoms with Crippen LogP contribution in [0.4, 0.5) is 10.1 Å². The van der Waals surface area contributed by atoms with Crippen LogP contribution in [0, 0.1) is 9.39 Å². The predicted octanol–water partition coefficient (Wildman–Crippen LogP) is 5.24. The number of nitrogens with one attached hydrogen (secondary N) is 2. The molecular weight excluding hydrogens is 599 g/mol. The number of aliphatic imine (C=N–C) groups is 2. The Morgan fingerprint density at radius 1 is 0.886 bits per heavy atom. The van der Waals surface area contributed by atoms with Gasteiger partial charge in [0.1, 0.15) is 28.4 Å². The predicted molar refractivity (Wildman–Crippen MR) is 148 cm³/mol. The van der Waals surface area contributed by atoms with Crippen LogP contribution in [0.2, 0.25) is 5.02 Å². The fraction of sp³-hybridized carbons (Fsp3) is 0.231. The first kappa shape index (κ1) is 23.1. The summed E-state index contributed by atoms with van der Waals surface area (Å²) in [5.74, 6) is 1.08. The quantitative estimate of drug-likeness (QED) is 0.310. The van der Waals surface area contributed by atoms with Gasteiger partial charge in [0, 0.05) is 39.0 Å². The maximum Gasteiger partial charge on any atom is 0.146 e. The van der Waals surface area contributed by atoms with E-state index < -0.39 is 11.0 Å². The zero-order valence-electron chi connectivity index (χ0n) is 18.5. The molecular formula is C26H21Cl2FIN5. The third-order valence-corrected chi connectivity index (χ3v) is 8.45. The summed E-state index contributed by atoms with van der Waals surface area (Å²) >= 11 is 16.7. The summed E-state index contributed by atoms with van der Waals surface area (Å²) in [6, 6.07) is 20.5. The van der Waals surface area contributed by atoms with Crippen molar-refractivity contribution >= 4 is 63.3 Å². The van der Waals surface area contributed by atoms with E-state index in [0.717, 1.165) is 20.4 Å². The smallest absolute Gasteiger partial charge is 0.146 e. The summed E-state index contributed by atoms with van der Waals surface area (Å²) in [7, 11) is 0. The molecule has 0 spiro atoms. The zero-order valence-corrected chi connectivity index (χ0v) is 22.2. The first-order valence-corrected chi connectivity index (χ1v) is 13.2. The van der Waals surface area contributed by atoms with Crippen molar-refractivity contribution in [3.8, 4) is 0 Å². The van der Waals surface area contributed by atoms with Gasteiger partial charge in [-0.2, -0.15) is 0 Å². The normalized spacial score (nSPS) is 22.3. The van der Waals surface area contributed by atoms with Crippen LogP contribution in [0.5, 0.6) is 0 Å². The minimum atomic E-state index is -1.15. The SMILES string of the molecule is Fc1cccc(C2(c3ccc(I)cc3)N(Cl)c3cccc(Cl)c3C2(C2=NCCN2)C2=NCCN2)c1. The molecule has 3 aliphatic heterocycles. The van der Waals surface area contributed by atoms with E-state index in [0.29, 0.717) is 48.4 Å². The van der Waals surface area contributed by atoms with Gasteiger partial charge in [0.2, 0.25) is 0 Å². The van der Waals surface area contributed by atoms with Crippen molar-refractivity contribution < 1.29 is 4.39 Å². The van der Waals surface area contributed by atoms with Crippen molar-refractivity contribution in [3.63, 3.8) is 0 Å².